The van der Waals surface area contributed by atoms with Crippen molar-refractivity contribution in [3.05, 3.63) is 34.3 Å². The highest BCUT2D eigenvalue weighted by Gasteiger charge is 2.21. The molecule has 0 atom stereocenters. The topological polar surface area (TPSA) is 26.8 Å². The summed E-state index contributed by atoms with van der Waals surface area (Å²) in [7, 11) is 4.21. The average molecular weight is 354 g/mol. The molecule has 1 aromatic rings. The Morgan fingerprint density at radius 3 is 2.33 bits per heavy atom. The number of hydrogen-bond acceptors (Lipinski definition) is 3. The quantitative estimate of drug-likeness (QED) is 0.811. The van der Waals surface area contributed by atoms with Crippen molar-refractivity contribution in [3.8, 4) is 0 Å². The lowest BCUT2D eigenvalue weighted by Crippen LogP contribution is -2.49. The van der Waals surface area contributed by atoms with Crippen LogP contribution in [0.3, 0.4) is 0 Å². The lowest BCUT2D eigenvalue weighted by atomic mass is 10.2. The van der Waals surface area contributed by atoms with Crippen molar-refractivity contribution < 1.29 is 4.79 Å². The first kappa shape index (κ1) is 16.5. The van der Waals surface area contributed by atoms with E-state index in [-0.39, 0.29) is 5.91 Å². The lowest BCUT2D eigenvalue weighted by molar-refractivity contribution is 0.0634. The van der Waals surface area contributed by atoms with Gasteiger partial charge in [0, 0.05) is 36.2 Å². The number of nitrogens with zero attached hydrogens (tertiary/aromatic N) is 3. The Morgan fingerprint density at radius 1 is 1.14 bits per heavy atom. The summed E-state index contributed by atoms with van der Waals surface area (Å²) in [5, 5.41) is 0. The molecule has 0 unspecified atom stereocenters. The second kappa shape index (κ2) is 7.92. The summed E-state index contributed by atoms with van der Waals surface area (Å²) in [6, 6.07) is 7.61. The van der Waals surface area contributed by atoms with Crippen LogP contribution in [0.1, 0.15) is 16.8 Å². The Bertz CT molecular complexity index is 453. The molecule has 1 amide bonds. The second-order valence-corrected chi connectivity index (χ2v) is 6.71. The average Bonchev–Trinajstić information content (AvgIpc) is 2.48. The predicted octanol–water partition coefficient (Wildman–Crippen LogP) is 2.16. The molecular weight excluding hydrogens is 330 g/mol. The Labute approximate surface area is 135 Å². The van der Waals surface area contributed by atoms with E-state index in [4.69, 9.17) is 0 Å². The van der Waals surface area contributed by atoms with Crippen LogP contribution in [0.2, 0.25) is 0 Å². The zero-order valence-corrected chi connectivity index (χ0v) is 14.5. The minimum Gasteiger partial charge on any atom is -0.336 e. The van der Waals surface area contributed by atoms with Gasteiger partial charge in [0.05, 0.1) is 0 Å². The molecule has 2 rings (SSSR count). The van der Waals surface area contributed by atoms with Gasteiger partial charge < -0.3 is 9.80 Å². The smallest absolute Gasteiger partial charge is 0.253 e. The maximum absolute atomic E-state index is 12.4. The van der Waals surface area contributed by atoms with Gasteiger partial charge in [-0.2, -0.15) is 0 Å². The van der Waals surface area contributed by atoms with Crippen LogP contribution in [0.5, 0.6) is 0 Å². The summed E-state index contributed by atoms with van der Waals surface area (Å²) in [5.74, 6) is 0.149. The SMILES string of the molecule is CN(C)CCCN1CCN(C(=O)c2ccc(Br)cc2)CC1. The summed E-state index contributed by atoms with van der Waals surface area (Å²) < 4.78 is 1.00. The van der Waals surface area contributed by atoms with Crippen LogP contribution in [0.4, 0.5) is 0 Å². The molecule has 4 nitrogen and oxygen atoms in total. The Balaban J connectivity index is 1.78. The van der Waals surface area contributed by atoms with Gasteiger partial charge in [0.15, 0.2) is 0 Å². The summed E-state index contributed by atoms with van der Waals surface area (Å²) in [4.78, 5) is 19.0. The molecule has 1 aromatic carbocycles. The number of rotatable bonds is 5. The third-order valence-electron chi connectivity index (χ3n) is 3.83. The number of carbonyl (C=O) groups excluding carboxylic acids is 1. The molecule has 1 fully saturated rings. The molecule has 0 aliphatic carbocycles. The molecule has 0 N–H and O–H groups in total. The fourth-order valence-electron chi connectivity index (χ4n) is 2.56. The van der Waals surface area contributed by atoms with Crippen LogP contribution in [-0.4, -0.2) is 74.0 Å². The molecule has 0 radical (unpaired) electrons. The molecule has 0 saturated carbocycles. The van der Waals surface area contributed by atoms with E-state index in [0.29, 0.717) is 0 Å². The molecule has 0 aromatic heterocycles. The lowest BCUT2D eigenvalue weighted by Gasteiger charge is -2.35. The Hall–Kier alpha value is -0.910. The molecule has 0 spiro atoms. The first-order valence-corrected chi connectivity index (χ1v) is 8.27. The van der Waals surface area contributed by atoms with Gasteiger partial charge in [-0.1, -0.05) is 15.9 Å². The van der Waals surface area contributed by atoms with E-state index in [1.54, 1.807) is 0 Å². The van der Waals surface area contributed by atoms with Crippen LogP contribution in [0.15, 0.2) is 28.7 Å². The molecule has 1 saturated heterocycles. The maximum Gasteiger partial charge on any atom is 0.253 e. The minimum absolute atomic E-state index is 0.149. The monoisotopic (exact) mass is 353 g/mol. The zero-order valence-electron chi connectivity index (χ0n) is 12.9. The van der Waals surface area contributed by atoms with E-state index in [1.807, 2.05) is 29.2 Å². The summed E-state index contributed by atoms with van der Waals surface area (Å²) >= 11 is 3.40. The highest BCUT2D eigenvalue weighted by Crippen LogP contribution is 2.13. The van der Waals surface area contributed by atoms with Crippen LogP contribution in [-0.2, 0) is 0 Å². The molecule has 5 heteroatoms. The van der Waals surface area contributed by atoms with Crippen molar-refractivity contribution in [1.29, 1.82) is 0 Å². The summed E-state index contributed by atoms with van der Waals surface area (Å²) in [6.07, 6.45) is 1.19. The van der Waals surface area contributed by atoms with Crippen LogP contribution >= 0.6 is 15.9 Å². The number of hydrogen-bond donors (Lipinski definition) is 0. The number of amides is 1. The van der Waals surface area contributed by atoms with Crippen molar-refractivity contribution in [2.24, 2.45) is 0 Å². The zero-order chi connectivity index (χ0) is 15.2. The van der Waals surface area contributed by atoms with Gasteiger partial charge >= 0.3 is 0 Å². The van der Waals surface area contributed by atoms with E-state index in [1.165, 1.54) is 6.42 Å². The molecule has 1 heterocycles. The molecular formula is C16H24BrN3O. The molecule has 1 aliphatic rings. The van der Waals surface area contributed by atoms with E-state index >= 15 is 0 Å². The number of benzene rings is 1. The van der Waals surface area contributed by atoms with Gasteiger partial charge in [0.25, 0.3) is 5.91 Å². The van der Waals surface area contributed by atoms with Crippen molar-refractivity contribution >= 4 is 21.8 Å². The molecule has 116 valence electrons. The highest BCUT2D eigenvalue weighted by molar-refractivity contribution is 9.10. The van der Waals surface area contributed by atoms with Crippen molar-refractivity contribution in [1.82, 2.24) is 14.7 Å². The van der Waals surface area contributed by atoms with Crippen LogP contribution in [0, 0.1) is 0 Å². The summed E-state index contributed by atoms with van der Waals surface area (Å²) in [5.41, 5.74) is 0.777. The van der Waals surface area contributed by atoms with Crippen molar-refractivity contribution in [3.63, 3.8) is 0 Å². The Morgan fingerprint density at radius 2 is 1.76 bits per heavy atom. The molecule has 21 heavy (non-hydrogen) atoms. The Kier molecular flexibility index (Phi) is 6.21. The predicted molar refractivity (Wildman–Crippen MR) is 89.7 cm³/mol. The number of halogens is 1. The largest absolute Gasteiger partial charge is 0.336 e. The third-order valence-corrected chi connectivity index (χ3v) is 4.36. The molecule has 0 bridgehead atoms. The van der Waals surface area contributed by atoms with E-state index in [0.717, 1.165) is 49.3 Å². The van der Waals surface area contributed by atoms with Gasteiger partial charge in [-0.3, -0.25) is 9.69 Å². The fourth-order valence-corrected chi connectivity index (χ4v) is 2.82. The van der Waals surface area contributed by atoms with E-state index in [2.05, 4.69) is 39.8 Å². The second-order valence-electron chi connectivity index (χ2n) is 5.80. The van der Waals surface area contributed by atoms with Crippen molar-refractivity contribution in [2.75, 3.05) is 53.4 Å². The van der Waals surface area contributed by atoms with E-state index in [9.17, 15) is 4.79 Å². The molecule has 1 aliphatic heterocycles. The number of carbonyl (C=O) groups is 1. The highest BCUT2D eigenvalue weighted by atomic mass is 79.9. The van der Waals surface area contributed by atoms with Gasteiger partial charge in [0.1, 0.15) is 0 Å². The van der Waals surface area contributed by atoms with Gasteiger partial charge in [0.2, 0.25) is 0 Å². The first-order valence-electron chi connectivity index (χ1n) is 7.48. The first-order chi connectivity index (χ1) is 10.1. The maximum atomic E-state index is 12.4. The van der Waals surface area contributed by atoms with Gasteiger partial charge in [-0.05, 0) is 57.9 Å². The van der Waals surface area contributed by atoms with Crippen molar-refractivity contribution in [2.45, 2.75) is 6.42 Å². The minimum atomic E-state index is 0.149. The van der Waals surface area contributed by atoms with Gasteiger partial charge in [-0.15, -0.1) is 0 Å². The van der Waals surface area contributed by atoms with E-state index < -0.39 is 0 Å². The normalized spacial score (nSPS) is 16.5. The number of piperazine rings is 1. The van der Waals surface area contributed by atoms with Crippen LogP contribution < -0.4 is 0 Å². The fraction of sp³-hybridized carbons (Fsp3) is 0.562. The summed E-state index contributed by atoms with van der Waals surface area (Å²) in [6.45, 7) is 5.87. The third kappa shape index (κ3) is 5.09. The standard InChI is InChI=1S/C16H24BrN3O/c1-18(2)8-3-9-19-10-12-20(13-11-19)16(21)14-4-6-15(17)7-5-14/h4-7H,3,8-13H2,1-2H3. The van der Waals surface area contributed by atoms with Crippen LogP contribution in [0.25, 0.3) is 0 Å². The van der Waals surface area contributed by atoms with Gasteiger partial charge in [-0.25, -0.2) is 0 Å².